The van der Waals surface area contributed by atoms with Gasteiger partial charge in [0, 0.05) is 18.2 Å². The zero-order valence-electron chi connectivity index (χ0n) is 13.5. The Bertz CT molecular complexity index is 798. The standard InChI is InChI=1S/C21H19F2N/c1-15(17-5-3-2-4-6-17)24-14-16-7-12-21(23)20(13-16)18-8-10-19(22)11-9-18/h2-13,15,24H,14H2,1H3. The number of rotatable bonds is 5. The quantitative estimate of drug-likeness (QED) is 0.655. The van der Waals surface area contributed by atoms with Crippen LogP contribution in [-0.2, 0) is 6.54 Å². The van der Waals surface area contributed by atoms with Gasteiger partial charge in [0.15, 0.2) is 0 Å². The monoisotopic (exact) mass is 323 g/mol. The molecule has 24 heavy (non-hydrogen) atoms. The highest BCUT2D eigenvalue weighted by molar-refractivity contribution is 5.64. The molecule has 3 heteroatoms. The van der Waals surface area contributed by atoms with Crippen LogP contribution in [0.1, 0.15) is 24.1 Å². The van der Waals surface area contributed by atoms with Gasteiger partial charge >= 0.3 is 0 Å². The van der Waals surface area contributed by atoms with Crippen LogP contribution in [0.4, 0.5) is 8.78 Å². The Balaban J connectivity index is 1.75. The van der Waals surface area contributed by atoms with E-state index in [1.165, 1.54) is 23.8 Å². The highest BCUT2D eigenvalue weighted by Gasteiger charge is 2.08. The molecule has 3 aromatic rings. The molecule has 0 spiro atoms. The van der Waals surface area contributed by atoms with Crippen LogP contribution in [0, 0.1) is 11.6 Å². The van der Waals surface area contributed by atoms with E-state index in [0.717, 1.165) is 5.56 Å². The van der Waals surface area contributed by atoms with Crippen LogP contribution >= 0.6 is 0 Å². The molecule has 0 aromatic heterocycles. The van der Waals surface area contributed by atoms with E-state index >= 15 is 0 Å². The molecule has 3 aromatic carbocycles. The lowest BCUT2D eigenvalue weighted by Gasteiger charge is -2.15. The molecule has 0 aliphatic rings. The van der Waals surface area contributed by atoms with E-state index < -0.39 is 0 Å². The van der Waals surface area contributed by atoms with Gasteiger partial charge in [-0.2, -0.15) is 0 Å². The fourth-order valence-corrected chi connectivity index (χ4v) is 2.66. The van der Waals surface area contributed by atoms with Crippen LogP contribution < -0.4 is 5.32 Å². The van der Waals surface area contributed by atoms with Crippen LogP contribution in [0.5, 0.6) is 0 Å². The van der Waals surface area contributed by atoms with Crippen molar-refractivity contribution in [3.8, 4) is 11.1 Å². The first kappa shape index (κ1) is 16.3. The molecule has 0 heterocycles. The van der Waals surface area contributed by atoms with Gasteiger partial charge in [-0.25, -0.2) is 8.78 Å². The summed E-state index contributed by atoms with van der Waals surface area (Å²) in [6.07, 6.45) is 0. The summed E-state index contributed by atoms with van der Waals surface area (Å²) in [5, 5.41) is 3.44. The van der Waals surface area contributed by atoms with Gasteiger partial charge in [-0.3, -0.25) is 0 Å². The molecule has 1 N–H and O–H groups in total. The van der Waals surface area contributed by atoms with E-state index in [9.17, 15) is 8.78 Å². The maximum atomic E-state index is 14.1. The Morgan fingerprint density at radius 3 is 2.29 bits per heavy atom. The average Bonchev–Trinajstić information content (AvgIpc) is 2.62. The van der Waals surface area contributed by atoms with Crippen molar-refractivity contribution in [3.63, 3.8) is 0 Å². The molecule has 3 rings (SSSR count). The molecule has 0 amide bonds. The molecule has 1 unspecified atom stereocenters. The van der Waals surface area contributed by atoms with Gasteiger partial charge in [0.05, 0.1) is 0 Å². The molecule has 0 saturated carbocycles. The molecule has 0 aliphatic carbocycles. The van der Waals surface area contributed by atoms with Crippen molar-refractivity contribution >= 4 is 0 Å². The second kappa shape index (κ2) is 7.37. The zero-order valence-corrected chi connectivity index (χ0v) is 13.5. The average molecular weight is 323 g/mol. The number of benzene rings is 3. The minimum atomic E-state index is -0.325. The van der Waals surface area contributed by atoms with Crippen molar-refractivity contribution < 1.29 is 8.78 Å². The summed E-state index contributed by atoms with van der Waals surface area (Å²) in [5.41, 5.74) is 3.35. The van der Waals surface area contributed by atoms with Crippen molar-refractivity contribution in [2.45, 2.75) is 19.5 Å². The highest BCUT2D eigenvalue weighted by atomic mass is 19.1. The first-order valence-electron chi connectivity index (χ1n) is 7.96. The van der Waals surface area contributed by atoms with Crippen LogP contribution in [0.15, 0.2) is 72.8 Å². The number of nitrogens with one attached hydrogen (secondary N) is 1. The van der Waals surface area contributed by atoms with Gasteiger partial charge in [-0.15, -0.1) is 0 Å². The first-order valence-corrected chi connectivity index (χ1v) is 7.96. The lowest BCUT2D eigenvalue weighted by molar-refractivity contribution is 0.573. The van der Waals surface area contributed by atoms with Crippen LogP contribution in [0.2, 0.25) is 0 Å². The summed E-state index contributed by atoms with van der Waals surface area (Å²) in [4.78, 5) is 0. The van der Waals surface area contributed by atoms with E-state index in [1.54, 1.807) is 18.2 Å². The second-order valence-electron chi connectivity index (χ2n) is 5.83. The third kappa shape index (κ3) is 3.87. The number of halogens is 2. The molecule has 0 saturated heterocycles. The molecule has 1 atom stereocenters. The van der Waals surface area contributed by atoms with Crippen LogP contribution in [0.25, 0.3) is 11.1 Å². The van der Waals surface area contributed by atoms with E-state index in [1.807, 2.05) is 24.3 Å². The second-order valence-corrected chi connectivity index (χ2v) is 5.83. The van der Waals surface area contributed by atoms with Gasteiger partial charge in [0.25, 0.3) is 0 Å². The molecule has 0 aliphatic heterocycles. The van der Waals surface area contributed by atoms with Crippen LogP contribution in [-0.4, -0.2) is 0 Å². The maximum Gasteiger partial charge on any atom is 0.131 e. The predicted molar refractivity (Wildman–Crippen MR) is 93.5 cm³/mol. The van der Waals surface area contributed by atoms with Crippen molar-refractivity contribution in [3.05, 3.63) is 95.6 Å². The Morgan fingerprint density at radius 1 is 0.875 bits per heavy atom. The Hall–Kier alpha value is -2.52. The normalized spacial score (nSPS) is 12.1. The zero-order chi connectivity index (χ0) is 16.9. The van der Waals surface area contributed by atoms with Crippen molar-refractivity contribution in [1.29, 1.82) is 0 Å². The minimum absolute atomic E-state index is 0.200. The van der Waals surface area contributed by atoms with Gasteiger partial charge in [-0.1, -0.05) is 48.5 Å². The van der Waals surface area contributed by atoms with Crippen molar-refractivity contribution in [1.82, 2.24) is 5.32 Å². The Labute approximate surface area is 141 Å². The van der Waals surface area contributed by atoms with Gasteiger partial charge in [0.1, 0.15) is 11.6 Å². The van der Waals surface area contributed by atoms with Crippen LogP contribution in [0.3, 0.4) is 0 Å². The fraction of sp³-hybridized carbons (Fsp3) is 0.143. The summed E-state index contributed by atoms with van der Waals surface area (Å²) in [6, 6.07) is 21.3. The van der Waals surface area contributed by atoms with E-state index in [4.69, 9.17) is 0 Å². The molecule has 0 radical (unpaired) electrons. The summed E-state index contributed by atoms with van der Waals surface area (Å²) in [5.74, 6) is -0.630. The summed E-state index contributed by atoms with van der Waals surface area (Å²) < 4.78 is 27.2. The largest absolute Gasteiger partial charge is 0.306 e. The highest BCUT2D eigenvalue weighted by Crippen LogP contribution is 2.24. The molecule has 0 fully saturated rings. The first-order chi connectivity index (χ1) is 11.6. The Morgan fingerprint density at radius 2 is 1.58 bits per heavy atom. The molecular weight excluding hydrogens is 304 g/mol. The molecular formula is C21H19F2N. The minimum Gasteiger partial charge on any atom is -0.306 e. The third-order valence-corrected chi connectivity index (χ3v) is 4.10. The fourth-order valence-electron chi connectivity index (χ4n) is 2.66. The van der Waals surface area contributed by atoms with Gasteiger partial charge in [0.2, 0.25) is 0 Å². The molecule has 0 bridgehead atoms. The SMILES string of the molecule is CC(NCc1ccc(F)c(-c2ccc(F)cc2)c1)c1ccccc1. The molecule has 122 valence electrons. The molecule has 1 nitrogen and oxygen atoms in total. The lowest BCUT2D eigenvalue weighted by atomic mass is 10.0. The summed E-state index contributed by atoms with van der Waals surface area (Å²) in [6.45, 7) is 2.73. The maximum absolute atomic E-state index is 14.1. The van der Waals surface area contributed by atoms with E-state index in [-0.39, 0.29) is 17.7 Å². The summed E-state index contributed by atoms with van der Waals surface area (Å²) >= 11 is 0. The summed E-state index contributed by atoms with van der Waals surface area (Å²) in [7, 11) is 0. The Kier molecular flexibility index (Phi) is 5.02. The van der Waals surface area contributed by atoms with E-state index in [0.29, 0.717) is 17.7 Å². The number of hydrogen-bond donors (Lipinski definition) is 1. The van der Waals surface area contributed by atoms with E-state index in [2.05, 4.69) is 24.4 Å². The van der Waals surface area contributed by atoms with Crippen molar-refractivity contribution in [2.24, 2.45) is 0 Å². The lowest BCUT2D eigenvalue weighted by Crippen LogP contribution is -2.18. The predicted octanol–water partition coefficient (Wildman–Crippen LogP) is 5.48. The van der Waals surface area contributed by atoms with Crippen molar-refractivity contribution in [2.75, 3.05) is 0 Å². The topological polar surface area (TPSA) is 12.0 Å². The smallest absolute Gasteiger partial charge is 0.131 e. The number of hydrogen-bond acceptors (Lipinski definition) is 1. The van der Waals surface area contributed by atoms with Gasteiger partial charge < -0.3 is 5.32 Å². The third-order valence-electron chi connectivity index (χ3n) is 4.10. The van der Waals surface area contributed by atoms with Gasteiger partial charge in [-0.05, 0) is 47.9 Å².